The van der Waals surface area contributed by atoms with E-state index in [-0.39, 0.29) is 5.69 Å². The van der Waals surface area contributed by atoms with E-state index in [2.05, 4.69) is 35.6 Å². The quantitative estimate of drug-likeness (QED) is 0.124. The van der Waals surface area contributed by atoms with Crippen LogP contribution in [0.2, 0.25) is 0 Å². The van der Waals surface area contributed by atoms with Gasteiger partial charge in [0, 0.05) is 24.4 Å². The average Bonchev–Trinajstić information content (AvgIpc) is 2.84. The van der Waals surface area contributed by atoms with Gasteiger partial charge in [0.25, 0.3) is 5.69 Å². The second-order valence-corrected chi connectivity index (χ2v) is 8.84. The van der Waals surface area contributed by atoms with Crippen molar-refractivity contribution in [2.24, 2.45) is 0 Å². The van der Waals surface area contributed by atoms with E-state index in [0.29, 0.717) is 12.4 Å². The molecule has 2 aromatic carbocycles. The normalized spacial score (nSPS) is 10.8. The Hall–Kier alpha value is -2.56. The van der Waals surface area contributed by atoms with E-state index in [4.69, 9.17) is 4.74 Å². The van der Waals surface area contributed by atoms with Gasteiger partial charge < -0.3 is 10.1 Å². The number of nitro groups is 1. The van der Waals surface area contributed by atoms with Crippen molar-refractivity contribution in [3.8, 4) is 5.75 Å². The van der Waals surface area contributed by atoms with E-state index in [0.717, 1.165) is 13.0 Å². The van der Waals surface area contributed by atoms with Gasteiger partial charge in [0.2, 0.25) is 0 Å². The van der Waals surface area contributed by atoms with Crippen molar-refractivity contribution < 1.29 is 9.66 Å². The maximum atomic E-state index is 10.6. The van der Waals surface area contributed by atoms with Gasteiger partial charge >= 0.3 is 0 Å². The first-order valence-electron chi connectivity index (χ1n) is 12.9. The van der Waals surface area contributed by atoms with Crippen LogP contribution in [0.3, 0.4) is 0 Å². The monoisotopic (exact) mass is 454 g/mol. The van der Waals surface area contributed by atoms with Crippen LogP contribution in [-0.2, 0) is 0 Å². The molecule has 0 atom stereocenters. The summed E-state index contributed by atoms with van der Waals surface area (Å²) in [4.78, 5) is 10.2. The molecule has 0 spiro atoms. The highest BCUT2D eigenvalue weighted by molar-refractivity contribution is 5.42. The molecule has 0 aliphatic rings. The Balaban J connectivity index is 1.26. The smallest absolute Gasteiger partial charge is 0.269 e. The van der Waals surface area contributed by atoms with Crippen LogP contribution in [0.4, 0.5) is 11.4 Å². The summed E-state index contributed by atoms with van der Waals surface area (Å²) in [5, 5.41) is 14.1. The maximum absolute atomic E-state index is 10.6. The molecule has 0 saturated carbocycles. The highest BCUT2D eigenvalue weighted by atomic mass is 16.6. The molecule has 2 rings (SSSR count). The van der Waals surface area contributed by atoms with Crippen LogP contribution < -0.4 is 10.1 Å². The number of hydrogen-bond acceptors (Lipinski definition) is 4. The van der Waals surface area contributed by atoms with Crippen molar-refractivity contribution >= 4 is 11.4 Å². The number of unbranched alkanes of at least 4 members (excludes halogenated alkanes) is 13. The van der Waals surface area contributed by atoms with Crippen LogP contribution in [0, 0.1) is 10.1 Å². The second-order valence-electron chi connectivity index (χ2n) is 8.84. The lowest BCUT2D eigenvalue weighted by Gasteiger charge is -2.06. The number of benzene rings is 2. The fraction of sp³-hybridized carbons (Fsp3) is 0.571. The lowest BCUT2D eigenvalue weighted by Crippen LogP contribution is -2.00. The molecule has 33 heavy (non-hydrogen) atoms. The predicted octanol–water partition coefficient (Wildman–Crippen LogP) is 8.55. The Morgan fingerprint density at radius 1 is 0.636 bits per heavy atom. The van der Waals surface area contributed by atoms with E-state index in [1.807, 2.05) is 0 Å². The molecular weight excluding hydrogens is 412 g/mol. The Labute approximate surface area is 200 Å². The van der Waals surface area contributed by atoms with Crippen LogP contribution in [0.1, 0.15) is 89.9 Å². The van der Waals surface area contributed by atoms with E-state index in [1.54, 1.807) is 12.1 Å². The van der Waals surface area contributed by atoms with Gasteiger partial charge in [-0.1, -0.05) is 95.2 Å². The molecule has 0 amide bonds. The van der Waals surface area contributed by atoms with Gasteiger partial charge in [-0.15, -0.1) is 0 Å². The number of para-hydroxylation sites is 1. The van der Waals surface area contributed by atoms with Crippen LogP contribution in [-0.4, -0.2) is 18.1 Å². The van der Waals surface area contributed by atoms with E-state index in [9.17, 15) is 10.1 Å². The minimum absolute atomic E-state index is 0.102. The Bertz CT molecular complexity index is 735. The van der Waals surface area contributed by atoms with Gasteiger partial charge in [-0.3, -0.25) is 10.1 Å². The lowest BCUT2D eigenvalue weighted by molar-refractivity contribution is -0.384. The van der Waals surface area contributed by atoms with Gasteiger partial charge in [-0.05, 0) is 37.1 Å². The first-order chi connectivity index (χ1) is 16.3. The Morgan fingerprint density at radius 2 is 1.12 bits per heavy atom. The number of nitrogens with one attached hydrogen (secondary N) is 1. The Kier molecular flexibility index (Phi) is 14.5. The maximum Gasteiger partial charge on any atom is 0.269 e. The fourth-order valence-corrected chi connectivity index (χ4v) is 3.99. The molecular formula is C28H42N2O3. The molecule has 1 N–H and O–H groups in total. The molecule has 0 aliphatic heterocycles. The zero-order valence-corrected chi connectivity index (χ0v) is 20.2. The summed E-state index contributed by atoms with van der Waals surface area (Å²) in [5.74, 6) is 0.709. The highest BCUT2D eigenvalue weighted by Gasteiger charge is 2.04. The van der Waals surface area contributed by atoms with E-state index >= 15 is 0 Å². The van der Waals surface area contributed by atoms with Crippen molar-refractivity contribution in [3.05, 3.63) is 64.7 Å². The predicted molar refractivity (Wildman–Crippen MR) is 138 cm³/mol. The summed E-state index contributed by atoms with van der Waals surface area (Å²) in [6.07, 6.45) is 18.4. The number of rotatable bonds is 20. The first-order valence-corrected chi connectivity index (χ1v) is 12.9. The molecule has 0 heterocycles. The number of nitrogens with zero attached hydrogens (tertiary/aromatic N) is 1. The number of hydrogen-bond donors (Lipinski definition) is 1. The second kappa shape index (κ2) is 17.9. The van der Waals surface area contributed by atoms with Crippen molar-refractivity contribution in [1.82, 2.24) is 0 Å². The lowest BCUT2D eigenvalue weighted by atomic mass is 10.0. The molecule has 0 aliphatic carbocycles. The molecule has 5 heteroatoms. The molecule has 0 bridgehead atoms. The molecule has 5 nitrogen and oxygen atoms in total. The topological polar surface area (TPSA) is 64.4 Å². The fourth-order valence-electron chi connectivity index (χ4n) is 3.99. The molecule has 0 radical (unpaired) electrons. The van der Waals surface area contributed by atoms with Crippen molar-refractivity contribution in [1.29, 1.82) is 0 Å². The third kappa shape index (κ3) is 13.6. The van der Waals surface area contributed by atoms with Gasteiger partial charge in [-0.25, -0.2) is 0 Å². The van der Waals surface area contributed by atoms with Crippen molar-refractivity contribution in [2.45, 2.75) is 89.9 Å². The average molecular weight is 455 g/mol. The summed E-state index contributed by atoms with van der Waals surface area (Å²) < 4.78 is 5.65. The molecule has 182 valence electrons. The zero-order valence-electron chi connectivity index (χ0n) is 20.2. The van der Waals surface area contributed by atoms with Crippen LogP contribution in [0.5, 0.6) is 5.75 Å². The highest BCUT2D eigenvalue weighted by Crippen LogP contribution is 2.18. The van der Waals surface area contributed by atoms with Gasteiger partial charge in [0.05, 0.1) is 11.5 Å². The summed E-state index contributed by atoms with van der Waals surface area (Å²) in [5.41, 5.74) is 1.33. The minimum Gasteiger partial charge on any atom is -0.494 e. The molecule has 0 saturated heterocycles. The Morgan fingerprint density at radius 3 is 1.64 bits per heavy atom. The minimum atomic E-state index is -0.391. The number of nitro benzene ring substituents is 1. The van der Waals surface area contributed by atoms with Crippen LogP contribution in [0.15, 0.2) is 54.6 Å². The summed E-state index contributed by atoms with van der Waals surface area (Å²) in [6, 6.07) is 16.8. The number of ether oxygens (including phenoxy) is 1. The zero-order chi connectivity index (χ0) is 23.4. The van der Waals surface area contributed by atoms with Crippen molar-refractivity contribution in [2.75, 3.05) is 18.5 Å². The van der Waals surface area contributed by atoms with Gasteiger partial charge in [0.1, 0.15) is 5.75 Å². The van der Waals surface area contributed by atoms with Crippen LogP contribution >= 0.6 is 0 Å². The van der Waals surface area contributed by atoms with E-state index < -0.39 is 4.92 Å². The third-order valence-electron chi connectivity index (χ3n) is 5.99. The van der Waals surface area contributed by atoms with Gasteiger partial charge in [0.15, 0.2) is 0 Å². The van der Waals surface area contributed by atoms with Gasteiger partial charge in [-0.2, -0.15) is 0 Å². The summed E-state index contributed by atoms with van der Waals surface area (Å²) >= 11 is 0. The standard InChI is InChI=1S/C28H42N2O3/c31-30(32)27-20-22-28(23-21-27)33-25-17-12-10-8-6-4-2-1-3-5-7-9-11-16-24-29-26-18-14-13-15-19-26/h13-15,18-23,29H,1-12,16-17,24-25H2. The molecule has 0 fully saturated rings. The van der Waals surface area contributed by atoms with Crippen LogP contribution in [0.25, 0.3) is 0 Å². The number of non-ortho nitro benzene ring substituents is 1. The summed E-state index contributed by atoms with van der Waals surface area (Å²) in [7, 11) is 0. The molecule has 0 aromatic heterocycles. The first kappa shape index (κ1) is 26.7. The SMILES string of the molecule is O=[N+]([O-])c1ccc(OCCCCCCCCCCCCCCCCNc2ccccc2)cc1. The van der Waals surface area contributed by atoms with E-state index in [1.165, 1.54) is 101 Å². The van der Waals surface area contributed by atoms with Crippen molar-refractivity contribution in [3.63, 3.8) is 0 Å². The third-order valence-corrected chi connectivity index (χ3v) is 5.99. The molecule has 0 unspecified atom stereocenters. The molecule has 2 aromatic rings. The largest absolute Gasteiger partial charge is 0.494 e. The number of anilines is 1. The summed E-state index contributed by atoms with van der Waals surface area (Å²) in [6.45, 7) is 1.76.